The Labute approximate surface area is 411 Å². The van der Waals surface area contributed by atoms with Gasteiger partial charge in [0.2, 0.25) is 0 Å². The second-order valence-electron chi connectivity index (χ2n) is 15.2. The molecule has 0 radical (unpaired) electrons. The molecule has 4 heterocycles. The van der Waals surface area contributed by atoms with Crippen LogP contribution in [-0.4, -0.2) is 37.7 Å². The van der Waals surface area contributed by atoms with Gasteiger partial charge in [0, 0.05) is 5.69 Å². The number of thiazole rings is 2. The topological polar surface area (TPSA) is 177 Å². The minimum atomic E-state index is -4.70. The summed E-state index contributed by atoms with van der Waals surface area (Å²) in [6.45, 7) is 16.3. The molecule has 320 valence electrons. The molecule has 0 spiro atoms. The molecule has 0 aliphatic carbocycles. The van der Waals surface area contributed by atoms with E-state index in [-0.39, 0.29) is 54.0 Å². The van der Waals surface area contributed by atoms with Crippen molar-refractivity contribution in [2.24, 2.45) is 10.2 Å². The Morgan fingerprint density at radius 3 is 2.05 bits per heavy atom. The summed E-state index contributed by atoms with van der Waals surface area (Å²) in [7, 11) is -4.70. The molecule has 0 saturated carbocycles. The van der Waals surface area contributed by atoms with Crippen LogP contribution in [0.2, 0.25) is 0 Å². The van der Waals surface area contributed by atoms with E-state index in [1.807, 2.05) is 30.0 Å². The molecule has 0 aliphatic rings. The smallest absolute Gasteiger partial charge is 0.744 e. The van der Waals surface area contributed by atoms with Crippen molar-refractivity contribution in [3.05, 3.63) is 123 Å². The van der Waals surface area contributed by atoms with Crippen LogP contribution in [0.25, 0.3) is 25.6 Å². The molecule has 4 aromatic carbocycles. The van der Waals surface area contributed by atoms with Crippen LogP contribution in [-0.2, 0) is 35.8 Å². The van der Waals surface area contributed by atoms with E-state index in [2.05, 4.69) is 88.4 Å². The monoisotopic (exact) mass is 906 g/mol. The standard InChI is InChI=1S/C47H45N10O3S3.2Li/c1-9-30-19-26(5)20-31(10-2)42(30)52-44-41(53-54-45-35(25-48)29(8)55-57(45)47-50-36-15-13-14-16-38(36)61-47)28(7)23-40(51-44)56(43-32(11-3)21-27(6)22-33(43)12-4)46-49-37-18-17-34(63(58,59)60)24-39(37)62-46;;/h13,15-24H,9-12H2,1-8H3,(H,51,52)(H,58,59,60);;/q-1;2*+1/p-1. The van der Waals surface area contributed by atoms with Crippen LogP contribution in [0.5, 0.6) is 0 Å². The van der Waals surface area contributed by atoms with E-state index in [0.29, 0.717) is 56.3 Å². The van der Waals surface area contributed by atoms with E-state index in [1.54, 1.807) is 23.7 Å². The first kappa shape index (κ1) is 49.3. The fourth-order valence-electron chi connectivity index (χ4n) is 7.83. The average Bonchev–Trinajstić information content (AvgIpc) is 3.98. The van der Waals surface area contributed by atoms with E-state index < -0.39 is 10.1 Å². The minimum absolute atomic E-state index is 0. The van der Waals surface area contributed by atoms with Crippen LogP contribution < -0.4 is 47.9 Å². The van der Waals surface area contributed by atoms with Gasteiger partial charge in [0.05, 0.1) is 26.5 Å². The third-order valence-corrected chi connectivity index (χ3v) is 13.7. The maximum atomic E-state index is 12.1. The van der Waals surface area contributed by atoms with Gasteiger partial charge in [-0.05, 0) is 111 Å². The zero-order valence-electron chi connectivity index (χ0n) is 38.2. The molecule has 0 saturated heterocycles. The molecule has 65 heavy (non-hydrogen) atoms. The van der Waals surface area contributed by atoms with Crippen LogP contribution in [0.3, 0.4) is 0 Å². The Hall–Kier alpha value is -5.19. The summed E-state index contributed by atoms with van der Waals surface area (Å²) in [6, 6.07) is 25.8. The minimum Gasteiger partial charge on any atom is -0.744 e. The molecule has 8 aromatic rings. The third kappa shape index (κ3) is 9.71. The van der Waals surface area contributed by atoms with Gasteiger partial charge >= 0.3 is 37.7 Å². The summed E-state index contributed by atoms with van der Waals surface area (Å²) in [4.78, 5) is 16.9. The quantitative estimate of drug-likeness (QED) is 0.0608. The van der Waals surface area contributed by atoms with Crippen molar-refractivity contribution < 1.29 is 50.7 Å². The van der Waals surface area contributed by atoms with Crippen LogP contribution in [0.1, 0.15) is 77.9 Å². The van der Waals surface area contributed by atoms with E-state index in [0.717, 1.165) is 73.4 Å². The van der Waals surface area contributed by atoms with E-state index in [1.165, 1.54) is 34.8 Å². The number of nitrogens with zero attached hydrogens (tertiary/aromatic N) is 9. The maximum Gasteiger partial charge on any atom is 1.00 e. The number of anilines is 5. The van der Waals surface area contributed by atoms with E-state index >= 15 is 0 Å². The van der Waals surface area contributed by atoms with Crippen molar-refractivity contribution >= 4 is 92.9 Å². The number of benzene rings is 4. The van der Waals surface area contributed by atoms with Crippen molar-refractivity contribution in [3.8, 4) is 11.2 Å². The Bertz CT molecular complexity index is 3200. The van der Waals surface area contributed by atoms with Gasteiger partial charge < -0.3 is 9.87 Å². The molecule has 8 rings (SSSR count). The van der Waals surface area contributed by atoms with Crippen LogP contribution in [0, 0.1) is 45.1 Å². The molecule has 4 aromatic heterocycles. The average molecular weight is 907 g/mol. The van der Waals surface area contributed by atoms with Crippen LogP contribution in [0.4, 0.5) is 39.6 Å². The van der Waals surface area contributed by atoms with Gasteiger partial charge in [-0.25, -0.2) is 23.4 Å². The zero-order chi connectivity index (χ0) is 44.7. The normalized spacial score (nSPS) is 11.5. The molecular formula is C47H44Li2N10O3S3. The van der Waals surface area contributed by atoms with Crippen molar-refractivity contribution in [1.29, 1.82) is 5.26 Å². The first-order chi connectivity index (χ1) is 30.2. The number of hydrogen-bond donors (Lipinski definition) is 1. The fourth-order valence-corrected chi connectivity index (χ4v) is 10.3. The fraction of sp³-hybridized carbons (Fsp3) is 0.255. The van der Waals surface area contributed by atoms with Gasteiger partial charge in [0.15, 0.2) is 21.9 Å². The van der Waals surface area contributed by atoms with E-state index in [4.69, 9.17) is 25.2 Å². The molecule has 18 heteroatoms. The summed E-state index contributed by atoms with van der Waals surface area (Å²) >= 11 is 2.69. The van der Waals surface area contributed by atoms with Gasteiger partial charge in [-0.2, -0.15) is 44.6 Å². The first-order valence-electron chi connectivity index (χ1n) is 20.6. The first-order valence-corrected chi connectivity index (χ1v) is 23.7. The van der Waals surface area contributed by atoms with Crippen LogP contribution in [0.15, 0.2) is 81.9 Å². The Balaban J connectivity index is 0.00000350. The molecular weight excluding hydrogens is 863 g/mol. The summed E-state index contributed by atoms with van der Waals surface area (Å²) in [5.41, 5.74) is 11.7. The SMILES string of the molecule is CCc1cc(C)cc(CC)c1Nc1nc(N(c2nc3ccc(S(=O)(=O)[O-])cc3s2)c2c(CC)cc(C)cc2CC)cc(C)c1N=Nc1c(C#N)c(C)nn1-c1nc2cc[c-]cc2s1.[Li+].[Li+]. The van der Waals surface area contributed by atoms with Gasteiger partial charge in [0.1, 0.15) is 33.3 Å². The number of rotatable bonds is 13. The second-order valence-corrected chi connectivity index (χ2v) is 18.6. The van der Waals surface area contributed by atoms with Crippen molar-refractivity contribution in [3.63, 3.8) is 0 Å². The Morgan fingerprint density at radius 1 is 0.815 bits per heavy atom. The van der Waals surface area contributed by atoms with Crippen molar-refractivity contribution in [2.75, 3.05) is 10.2 Å². The molecule has 0 atom stereocenters. The van der Waals surface area contributed by atoms with Crippen molar-refractivity contribution in [2.45, 2.75) is 86.0 Å². The zero-order valence-corrected chi connectivity index (χ0v) is 40.6. The summed E-state index contributed by atoms with van der Waals surface area (Å²) in [5.74, 6) is 1.19. The van der Waals surface area contributed by atoms with Crippen molar-refractivity contribution in [1.82, 2.24) is 24.7 Å². The predicted molar refractivity (Wildman–Crippen MR) is 251 cm³/mol. The molecule has 0 unspecified atom stereocenters. The summed E-state index contributed by atoms with van der Waals surface area (Å²) < 4.78 is 39.3. The molecule has 0 fully saturated rings. The summed E-state index contributed by atoms with van der Waals surface area (Å²) in [5, 5.41) is 29.5. The number of hydrogen-bond acceptors (Lipinski definition) is 14. The van der Waals surface area contributed by atoms with Gasteiger partial charge in [-0.15, -0.1) is 16.3 Å². The number of aryl methyl sites for hydroxylation is 8. The Morgan fingerprint density at radius 2 is 1.45 bits per heavy atom. The number of nitrogens with one attached hydrogen (secondary N) is 1. The number of fused-ring (bicyclic) bond motifs is 2. The number of aromatic nitrogens is 5. The predicted octanol–water partition coefficient (Wildman–Crippen LogP) is 6.18. The second kappa shape index (κ2) is 20.1. The van der Waals surface area contributed by atoms with Gasteiger partial charge in [-0.3, -0.25) is 4.90 Å². The maximum absolute atomic E-state index is 12.1. The number of nitriles is 1. The molecule has 0 amide bonds. The van der Waals surface area contributed by atoms with Gasteiger partial charge in [-0.1, -0.05) is 79.1 Å². The van der Waals surface area contributed by atoms with Crippen LogP contribution >= 0.6 is 22.7 Å². The molecule has 13 nitrogen and oxygen atoms in total. The third-order valence-electron chi connectivity index (χ3n) is 10.9. The number of azo groups is 1. The van der Waals surface area contributed by atoms with Gasteiger partial charge in [0.25, 0.3) is 0 Å². The summed E-state index contributed by atoms with van der Waals surface area (Å²) in [6.07, 6.45) is 2.95. The largest absolute Gasteiger partial charge is 1.00 e. The Kier molecular flexibility index (Phi) is 15.3. The molecule has 1 N–H and O–H groups in total. The van der Waals surface area contributed by atoms with E-state index in [9.17, 15) is 18.2 Å². The molecule has 0 bridgehead atoms. The number of pyridine rings is 1. The molecule has 0 aliphatic heterocycles.